The van der Waals surface area contributed by atoms with Gasteiger partial charge in [0.25, 0.3) is 0 Å². The monoisotopic (exact) mass is 481 g/mol. The van der Waals surface area contributed by atoms with E-state index in [-0.39, 0.29) is 48.9 Å². The van der Waals surface area contributed by atoms with Crippen LogP contribution in [-0.2, 0) is 14.8 Å². The molecule has 184 valence electrons. The van der Waals surface area contributed by atoms with Crippen LogP contribution in [0.1, 0.15) is 32.8 Å². The van der Waals surface area contributed by atoms with E-state index in [4.69, 9.17) is 9.47 Å². The average molecular weight is 482 g/mol. The maximum Gasteiger partial charge on any atom is 0.317 e. The molecule has 2 rings (SSSR count). The van der Waals surface area contributed by atoms with E-state index in [1.165, 1.54) is 15.3 Å². The number of nitrogens with one attached hydrogen (secondary N) is 1. The normalized spacial score (nSPS) is 20.8. The standard InChI is InChI=1S/C23H35N3O6S/c1-6-11-24-23(28)25(4)15-21-17(2)14-26(18(3)16-27)33(29,30)22-10-9-19(8-7-12-31-5)13-20(22)32-21/h9-10,13,17-18,21,27H,6,11-12,14-16H2,1-5H3,(H,24,28)/t17-,18-,21+/m0/s1. The molecule has 0 bridgehead atoms. The van der Waals surface area contributed by atoms with Crippen molar-refractivity contribution < 1.29 is 27.8 Å². The van der Waals surface area contributed by atoms with Crippen LogP contribution in [0, 0.1) is 17.8 Å². The molecule has 9 nitrogen and oxygen atoms in total. The van der Waals surface area contributed by atoms with Crippen molar-refractivity contribution in [1.29, 1.82) is 0 Å². The summed E-state index contributed by atoms with van der Waals surface area (Å²) in [6.07, 6.45) is 0.342. The Bertz CT molecular complexity index is 972. The maximum atomic E-state index is 13.5. The van der Waals surface area contributed by atoms with E-state index in [1.807, 2.05) is 13.8 Å². The Hall–Kier alpha value is -2.32. The summed E-state index contributed by atoms with van der Waals surface area (Å²) >= 11 is 0. The molecular formula is C23H35N3O6S. The number of nitrogens with zero attached hydrogens (tertiary/aromatic N) is 2. The molecule has 0 radical (unpaired) electrons. The van der Waals surface area contributed by atoms with E-state index >= 15 is 0 Å². The first kappa shape index (κ1) is 26.9. The smallest absolute Gasteiger partial charge is 0.317 e. The molecule has 1 heterocycles. The zero-order valence-corrected chi connectivity index (χ0v) is 20.8. The van der Waals surface area contributed by atoms with Gasteiger partial charge in [-0.3, -0.25) is 0 Å². The van der Waals surface area contributed by atoms with E-state index in [2.05, 4.69) is 17.2 Å². The van der Waals surface area contributed by atoms with Crippen LogP contribution in [-0.4, -0.2) is 87.9 Å². The Kier molecular flexibility index (Phi) is 9.98. The Morgan fingerprint density at radius 1 is 1.45 bits per heavy atom. The topological polar surface area (TPSA) is 108 Å². The molecule has 2 amide bonds. The number of carbonyl (C=O) groups excluding carboxylic acids is 1. The van der Waals surface area contributed by atoms with Gasteiger partial charge in [-0.05, 0) is 31.5 Å². The molecule has 1 aliphatic rings. The molecule has 10 heteroatoms. The second kappa shape index (κ2) is 12.2. The van der Waals surface area contributed by atoms with Crippen LogP contribution in [0.15, 0.2) is 23.1 Å². The first-order valence-electron chi connectivity index (χ1n) is 11.1. The highest BCUT2D eigenvalue weighted by atomic mass is 32.2. The van der Waals surface area contributed by atoms with Crippen LogP contribution < -0.4 is 10.1 Å². The van der Waals surface area contributed by atoms with Crippen molar-refractivity contribution in [3.63, 3.8) is 0 Å². The van der Waals surface area contributed by atoms with Crippen molar-refractivity contribution in [3.05, 3.63) is 23.8 Å². The summed E-state index contributed by atoms with van der Waals surface area (Å²) in [4.78, 5) is 13.9. The Balaban J connectivity index is 2.48. The summed E-state index contributed by atoms with van der Waals surface area (Å²) in [5, 5.41) is 12.6. The van der Waals surface area contributed by atoms with Crippen molar-refractivity contribution in [2.24, 2.45) is 5.92 Å². The van der Waals surface area contributed by atoms with Crippen molar-refractivity contribution in [1.82, 2.24) is 14.5 Å². The number of aliphatic hydroxyl groups excluding tert-OH is 1. The van der Waals surface area contributed by atoms with Crippen LogP contribution in [0.4, 0.5) is 4.79 Å². The minimum Gasteiger partial charge on any atom is -0.487 e. The van der Waals surface area contributed by atoms with Crippen molar-refractivity contribution >= 4 is 16.1 Å². The molecule has 0 saturated heterocycles. The van der Waals surface area contributed by atoms with E-state index in [0.717, 1.165) is 6.42 Å². The zero-order chi connectivity index (χ0) is 24.6. The summed E-state index contributed by atoms with van der Waals surface area (Å²) in [6.45, 7) is 6.42. The minimum atomic E-state index is -3.93. The van der Waals surface area contributed by atoms with Crippen LogP contribution in [0.2, 0.25) is 0 Å². The maximum absolute atomic E-state index is 13.5. The number of hydrogen-bond acceptors (Lipinski definition) is 6. The summed E-state index contributed by atoms with van der Waals surface area (Å²) in [7, 11) is -0.705. The SMILES string of the molecule is CCCNC(=O)N(C)C[C@H]1Oc2cc(C#CCOC)ccc2S(=O)(=O)N([C@@H](C)CO)C[C@@H]1C. The lowest BCUT2D eigenvalue weighted by Crippen LogP contribution is -2.51. The number of likely N-dealkylation sites (N-methyl/N-ethyl adjacent to an activating group) is 1. The number of benzene rings is 1. The van der Waals surface area contributed by atoms with Gasteiger partial charge in [-0.25, -0.2) is 13.2 Å². The van der Waals surface area contributed by atoms with Gasteiger partial charge in [-0.1, -0.05) is 25.7 Å². The summed E-state index contributed by atoms with van der Waals surface area (Å²) in [5.74, 6) is 5.70. The largest absolute Gasteiger partial charge is 0.487 e. The third-order valence-corrected chi connectivity index (χ3v) is 7.46. The number of hydrogen-bond donors (Lipinski definition) is 2. The van der Waals surface area contributed by atoms with Gasteiger partial charge in [0.1, 0.15) is 23.4 Å². The number of fused-ring (bicyclic) bond motifs is 1. The molecule has 0 unspecified atom stereocenters. The summed E-state index contributed by atoms with van der Waals surface area (Å²) in [5.41, 5.74) is 0.587. The number of sulfonamides is 1. The summed E-state index contributed by atoms with van der Waals surface area (Å²) < 4.78 is 39.4. The Morgan fingerprint density at radius 2 is 2.18 bits per heavy atom. The molecule has 0 saturated carbocycles. The lowest BCUT2D eigenvalue weighted by atomic mass is 10.0. The number of amides is 2. The Labute approximate surface area is 197 Å². The van der Waals surface area contributed by atoms with E-state index < -0.39 is 22.2 Å². The van der Waals surface area contributed by atoms with Crippen LogP contribution in [0.3, 0.4) is 0 Å². The van der Waals surface area contributed by atoms with Crippen LogP contribution in [0.25, 0.3) is 0 Å². The number of rotatable bonds is 7. The minimum absolute atomic E-state index is 0.00933. The molecule has 0 aromatic heterocycles. The van der Waals surface area contributed by atoms with Gasteiger partial charge in [-0.2, -0.15) is 4.31 Å². The highest BCUT2D eigenvalue weighted by Gasteiger charge is 2.38. The molecule has 3 atom stereocenters. The predicted octanol–water partition coefficient (Wildman–Crippen LogP) is 1.50. The van der Waals surface area contributed by atoms with Gasteiger partial charge in [0.05, 0.1) is 13.2 Å². The van der Waals surface area contributed by atoms with Gasteiger partial charge in [0, 0.05) is 44.8 Å². The molecule has 0 aliphatic carbocycles. The number of methoxy groups -OCH3 is 1. The quantitative estimate of drug-likeness (QED) is 0.572. The number of urea groups is 1. The fourth-order valence-electron chi connectivity index (χ4n) is 3.45. The fraction of sp³-hybridized carbons (Fsp3) is 0.609. The molecule has 2 N–H and O–H groups in total. The molecular weight excluding hydrogens is 446 g/mol. The Morgan fingerprint density at radius 3 is 2.82 bits per heavy atom. The zero-order valence-electron chi connectivity index (χ0n) is 20.0. The van der Waals surface area contributed by atoms with Gasteiger partial charge < -0.3 is 24.8 Å². The van der Waals surface area contributed by atoms with E-state index in [1.54, 1.807) is 33.2 Å². The van der Waals surface area contributed by atoms with Crippen LogP contribution in [0.5, 0.6) is 5.75 Å². The van der Waals surface area contributed by atoms with Crippen molar-refractivity contribution in [3.8, 4) is 17.6 Å². The number of ether oxygens (including phenoxy) is 2. The third kappa shape index (κ3) is 6.84. The highest BCUT2D eigenvalue weighted by molar-refractivity contribution is 7.89. The van der Waals surface area contributed by atoms with Gasteiger partial charge in [0.2, 0.25) is 10.0 Å². The fourth-order valence-corrected chi connectivity index (χ4v) is 5.28. The molecule has 0 spiro atoms. The average Bonchev–Trinajstić information content (AvgIpc) is 2.79. The van der Waals surface area contributed by atoms with Gasteiger partial charge >= 0.3 is 6.03 Å². The third-order valence-electron chi connectivity index (χ3n) is 5.44. The second-order valence-electron chi connectivity index (χ2n) is 8.25. The number of carbonyl (C=O) groups is 1. The molecule has 1 aliphatic heterocycles. The molecule has 33 heavy (non-hydrogen) atoms. The molecule has 1 aromatic rings. The van der Waals surface area contributed by atoms with Crippen LogP contribution >= 0.6 is 0 Å². The first-order chi connectivity index (χ1) is 15.6. The van der Waals surface area contributed by atoms with Gasteiger partial charge in [-0.15, -0.1) is 0 Å². The van der Waals surface area contributed by atoms with Crippen molar-refractivity contribution in [2.45, 2.75) is 44.2 Å². The number of aliphatic hydroxyl groups is 1. The lowest BCUT2D eigenvalue weighted by Gasteiger charge is -2.37. The summed E-state index contributed by atoms with van der Waals surface area (Å²) in [6, 6.07) is 3.86. The van der Waals surface area contributed by atoms with E-state index in [0.29, 0.717) is 12.1 Å². The highest BCUT2D eigenvalue weighted by Crippen LogP contribution is 2.34. The molecule has 0 fully saturated rings. The van der Waals surface area contributed by atoms with Crippen molar-refractivity contribution in [2.75, 3.05) is 47.0 Å². The van der Waals surface area contributed by atoms with Gasteiger partial charge in [0.15, 0.2) is 0 Å². The first-order valence-corrected chi connectivity index (χ1v) is 12.5. The molecule has 1 aromatic carbocycles. The van der Waals surface area contributed by atoms with E-state index in [9.17, 15) is 18.3 Å². The second-order valence-corrected chi connectivity index (χ2v) is 10.1. The predicted molar refractivity (Wildman–Crippen MR) is 126 cm³/mol. The lowest BCUT2D eigenvalue weighted by molar-refractivity contribution is 0.0812.